The Morgan fingerprint density at radius 3 is 2.59 bits per heavy atom. The lowest BCUT2D eigenvalue weighted by atomic mass is 10.2. The van der Waals surface area contributed by atoms with Crippen LogP contribution in [-0.2, 0) is 11.3 Å². The van der Waals surface area contributed by atoms with Gasteiger partial charge in [-0.05, 0) is 36.8 Å². The molecule has 0 atom stereocenters. The van der Waals surface area contributed by atoms with Crippen molar-refractivity contribution < 1.29 is 19.0 Å². The van der Waals surface area contributed by atoms with E-state index >= 15 is 0 Å². The van der Waals surface area contributed by atoms with E-state index in [0.717, 1.165) is 15.8 Å². The van der Waals surface area contributed by atoms with Crippen molar-refractivity contribution in [3.05, 3.63) is 52.3 Å². The van der Waals surface area contributed by atoms with E-state index in [-0.39, 0.29) is 5.91 Å². The van der Waals surface area contributed by atoms with E-state index in [0.29, 0.717) is 35.0 Å². The lowest BCUT2D eigenvalue weighted by Gasteiger charge is -2.08. The monoisotopic (exact) mass is 386 g/mol. The first-order valence-corrected chi connectivity index (χ1v) is 9.29. The van der Waals surface area contributed by atoms with Crippen LogP contribution in [0.5, 0.6) is 11.5 Å². The topological polar surface area (TPSA) is 62.1 Å². The van der Waals surface area contributed by atoms with Gasteiger partial charge in [-0.15, -0.1) is 0 Å². The number of fused-ring (bicyclic) bond motifs is 1. The molecule has 0 N–H and O–H groups in total. The van der Waals surface area contributed by atoms with Gasteiger partial charge < -0.3 is 18.8 Å². The van der Waals surface area contributed by atoms with Gasteiger partial charge in [0.15, 0.2) is 16.3 Å². The Bertz CT molecular complexity index is 1040. The zero-order valence-electron chi connectivity index (χ0n) is 15.8. The van der Waals surface area contributed by atoms with E-state index < -0.39 is 0 Å². The van der Waals surface area contributed by atoms with Crippen LogP contribution in [-0.4, -0.2) is 38.4 Å². The van der Waals surface area contributed by atoms with E-state index in [4.69, 9.17) is 14.2 Å². The van der Waals surface area contributed by atoms with Gasteiger partial charge in [-0.3, -0.25) is 4.79 Å². The standard InChI is InChI=1S/C20H22N2O4S/c1-13-6-5-7-17-18(13)22(10-11-24-2)20(27-17)21-19(23)14-8-9-15(25-3)16(12-14)26-4/h5-9,12H,10-11H2,1-4H3. The van der Waals surface area contributed by atoms with Gasteiger partial charge in [-0.1, -0.05) is 23.5 Å². The number of amides is 1. The minimum Gasteiger partial charge on any atom is -0.493 e. The third-order valence-electron chi connectivity index (χ3n) is 4.25. The molecule has 7 heteroatoms. The van der Waals surface area contributed by atoms with Crippen LogP contribution in [0.4, 0.5) is 0 Å². The molecular weight excluding hydrogens is 364 g/mol. The molecule has 2 aromatic carbocycles. The summed E-state index contributed by atoms with van der Waals surface area (Å²) >= 11 is 1.49. The van der Waals surface area contributed by atoms with Crippen LogP contribution in [0.3, 0.4) is 0 Å². The first-order valence-electron chi connectivity index (χ1n) is 8.48. The molecule has 3 rings (SSSR count). The highest BCUT2D eigenvalue weighted by Crippen LogP contribution is 2.28. The van der Waals surface area contributed by atoms with Crippen LogP contribution in [0, 0.1) is 6.92 Å². The number of methoxy groups -OCH3 is 3. The molecule has 0 saturated carbocycles. The highest BCUT2D eigenvalue weighted by Gasteiger charge is 2.13. The zero-order chi connectivity index (χ0) is 19.4. The Hall–Kier alpha value is -2.64. The first kappa shape index (κ1) is 19.1. The quantitative estimate of drug-likeness (QED) is 0.651. The van der Waals surface area contributed by atoms with E-state index in [1.165, 1.54) is 18.4 Å². The predicted molar refractivity (Wildman–Crippen MR) is 106 cm³/mol. The summed E-state index contributed by atoms with van der Waals surface area (Å²) < 4.78 is 18.9. The molecule has 0 aliphatic rings. The molecule has 27 heavy (non-hydrogen) atoms. The van der Waals surface area contributed by atoms with Gasteiger partial charge in [0.2, 0.25) is 0 Å². The summed E-state index contributed by atoms with van der Waals surface area (Å²) in [6, 6.07) is 11.1. The minimum atomic E-state index is -0.327. The average Bonchev–Trinajstić information content (AvgIpc) is 3.03. The Morgan fingerprint density at radius 2 is 1.89 bits per heavy atom. The first-order chi connectivity index (χ1) is 13.1. The Labute approximate surface area is 161 Å². The van der Waals surface area contributed by atoms with Gasteiger partial charge in [0.05, 0.1) is 31.0 Å². The number of carbonyl (C=O) groups is 1. The predicted octanol–water partition coefficient (Wildman–Crippen LogP) is 3.42. The summed E-state index contributed by atoms with van der Waals surface area (Å²) in [7, 11) is 4.76. The number of para-hydroxylation sites is 1. The molecule has 1 aromatic heterocycles. The smallest absolute Gasteiger partial charge is 0.279 e. The molecule has 0 unspecified atom stereocenters. The van der Waals surface area contributed by atoms with Gasteiger partial charge in [0, 0.05) is 19.2 Å². The molecule has 0 radical (unpaired) electrons. The molecule has 3 aromatic rings. The van der Waals surface area contributed by atoms with Crippen molar-refractivity contribution in [3.63, 3.8) is 0 Å². The average molecular weight is 386 g/mol. The second-order valence-electron chi connectivity index (χ2n) is 5.94. The third kappa shape index (κ3) is 3.89. The molecular formula is C20H22N2O4S. The van der Waals surface area contributed by atoms with Crippen LogP contribution >= 0.6 is 11.3 Å². The molecule has 1 amide bonds. The third-order valence-corrected chi connectivity index (χ3v) is 5.29. The summed E-state index contributed by atoms with van der Waals surface area (Å²) in [6.45, 7) is 3.22. The van der Waals surface area contributed by atoms with E-state index in [1.54, 1.807) is 32.4 Å². The van der Waals surface area contributed by atoms with Crippen LogP contribution < -0.4 is 14.3 Å². The Kier molecular flexibility index (Phi) is 5.93. The Morgan fingerprint density at radius 1 is 1.11 bits per heavy atom. The lowest BCUT2D eigenvalue weighted by Crippen LogP contribution is -2.19. The van der Waals surface area contributed by atoms with Gasteiger partial charge in [0.1, 0.15) is 0 Å². The van der Waals surface area contributed by atoms with Gasteiger partial charge in [-0.25, -0.2) is 0 Å². The number of carbonyl (C=O) groups excluding carboxylic acids is 1. The van der Waals surface area contributed by atoms with Crippen molar-refractivity contribution in [2.24, 2.45) is 4.99 Å². The number of nitrogens with zero attached hydrogens (tertiary/aromatic N) is 2. The van der Waals surface area contributed by atoms with E-state index in [1.807, 2.05) is 16.7 Å². The fourth-order valence-corrected chi connectivity index (χ4v) is 4.04. The van der Waals surface area contributed by atoms with Gasteiger partial charge >= 0.3 is 0 Å². The lowest BCUT2D eigenvalue weighted by molar-refractivity contribution is 0.0997. The highest BCUT2D eigenvalue weighted by molar-refractivity contribution is 7.16. The maximum Gasteiger partial charge on any atom is 0.279 e. The van der Waals surface area contributed by atoms with Crippen molar-refractivity contribution in [2.75, 3.05) is 27.9 Å². The van der Waals surface area contributed by atoms with Crippen LogP contribution in [0.15, 0.2) is 41.4 Å². The molecule has 0 aliphatic carbocycles. The second-order valence-corrected chi connectivity index (χ2v) is 6.95. The summed E-state index contributed by atoms with van der Waals surface area (Å²) in [4.78, 5) is 17.8. The SMILES string of the molecule is COCCn1c(=NC(=O)c2ccc(OC)c(OC)c2)sc2cccc(C)c21. The van der Waals surface area contributed by atoms with Crippen molar-refractivity contribution in [1.82, 2.24) is 4.57 Å². The number of aromatic nitrogens is 1. The maximum absolute atomic E-state index is 12.8. The largest absolute Gasteiger partial charge is 0.493 e. The molecule has 0 bridgehead atoms. The van der Waals surface area contributed by atoms with Gasteiger partial charge in [-0.2, -0.15) is 4.99 Å². The second kappa shape index (κ2) is 8.37. The summed E-state index contributed by atoms with van der Waals surface area (Å²) in [5, 5.41) is 0. The van der Waals surface area contributed by atoms with E-state index in [9.17, 15) is 4.79 Å². The molecule has 0 aliphatic heterocycles. The highest BCUT2D eigenvalue weighted by atomic mass is 32.1. The van der Waals surface area contributed by atoms with Crippen LogP contribution in [0.2, 0.25) is 0 Å². The summed E-state index contributed by atoms with van der Waals surface area (Å²) in [5.41, 5.74) is 2.67. The molecule has 0 saturated heterocycles. The number of aryl methyl sites for hydroxylation is 1. The number of hydrogen-bond acceptors (Lipinski definition) is 5. The van der Waals surface area contributed by atoms with Crippen molar-refractivity contribution in [2.45, 2.75) is 13.5 Å². The summed E-state index contributed by atoms with van der Waals surface area (Å²) in [5.74, 6) is 0.742. The number of ether oxygens (including phenoxy) is 3. The minimum absolute atomic E-state index is 0.327. The molecule has 6 nitrogen and oxygen atoms in total. The number of benzene rings is 2. The van der Waals surface area contributed by atoms with Crippen molar-refractivity contribution in [3.8, 4) is 11.5 Å². The zero-order valence-corrected chi connectivity index (χ0v) is 16.6. The fraction of sp³-hybridized carbons (Fsp3) is 0.300. The van der Waals surface area contributed by atoms with Crippen LogP contribution in [0.1, 0.15) is 15.9 Å². The molecule has 1 heterocycles. The molecule has 0 fully saturated rings. The van der Waals surface area contributed by atoms with Crippen molar-refractivity contribution >= 4 is 27.5 Å². The number of hydrogen-bond donors (Lipinski definition) is 0. The van der Waals surface area contributed by atoms with Crippen molar-refractivity contribution in [1.29, 1.82) is 0 Å². The molecule has 142 valence electrons. The van der Waals surface area contributed by atoms with E-state index in [2.05, 4.69) is 18.0 Å². The number of rotatable bonds is 6. The maximum atomic E-state index is 12.8. The Balaban J connectivity index is 2.09. The fourth-order valence-electron chi connectivity index (χ4n) is 2.90. The number of thiazole rings is 1. The van der Waals surface area contributed by atoms with Gasteiger partial charge in [0.25, 0.3) is 5.91 Å². The normalized spacial score (nSPS) is 11.8. The summed E-state index contributed by atoms with van der Waals surface area (Å²) in [6.07, 6.45) is 0. The van der Waals surface area contributed by atoms with Crippen LogP contribution in [0.25, 0.3) is 10.2 Å². The molecule has 0 spiro atoms.